The van der Waals surface area contributed by atoms with Gasteiger partial charge in [-0.3, -0.25) is 10.2 Å². The number of nitrogens with one attached hydrogen (secondary N) is 5. The van der Waals surface area contributed by atoms with Crippen LogP contribution in [0.1, 0.15) is 38.5 Å². The third-order valence-corrected chi connectivity index (χ3v) is 5.25. The largest absolute Gasteiger partial charge is 0.490 e. The van der Waals surface area contributed by atoms with E-state index in [1.54, 1.807) is 43.8 Å². The van der Waals surface area contributed by atoms with Gasteiger partial charge in [-0.15, -0.1) is 0 Å². The van der Waals surface area contributed by atoms with Crippen LogP contribution < -0.4 is 25.4 Å². The number of aromatic amines is 1. The molecule has 182 valence electrons. The van der Waals surface area contributed by atoms with Gasteiger partial charge in [-0.1, -0.05) is 0 Å². The quantitative estimate of drug-likeness (QED) is 0.316. The van der Waals surface area contributed by atoms with Crippen LogP contribution in [0, 0.1) is 5.41 Å². The maximum atomic E-state index is 13.3. The van der Waals surface area contributed by atoms with Crippen molar-refractivity contribution in [2.45, 2.75) is 26.8 Å². The zero-order chi connectivity index (χ0) is 24.9. The summed E-state index contributed by atoms with van der Waals surface area (Å²) in [5.41, 5.74) is 2.23. The molecule has 0 spiro atoms. The van der Waals surface area contributed by atoms with Crippen molar-refractivity contribution in [1.82, 2.24) is 35.9 Å². The topological polar surface area (TPSA) is 150 Å². The third kappa shape index (κ3) is 4.79. The lowest BCUT2D eigenvalue weighted by molar-refractivity contribution is -0.115. The molecule has 35 heavy (non-hydrogen) atoms. The van der Waals surface area contributed by atoms with E-state index in [9.17, 15) is 4.79 Å². The molecule has 0 radical (unpaired) electrons. The highest BCUT2D eigenvalue weighted by atomic mass is 16.5. The molecule has 1 aliphatic rings. The second-order valence-electron chi connectivity index (χ2n) is 7.67. The molecular weight excluding hydrogens is 448 g/mol. The van der Waals surface area contributed by atoms with Crippen molar-refractivity contribution in [3.05, 3.63) is 59.8 Å². The average Bonchev–Trinajstić information content (AvgIpc) is 3.25. The van der Waals surface area contributed by atoms with Crippen LogP contribution in [0.4, 0.5) is 0 Å². The van der Waals surface area contributed by atoms with Gasteiger partial charge in [0.05, 0.1) is 41.7 Å². The fraction of sp³-hybridized carbons (Fsp3) is 0.292. The van der Waals surface area contributed by atoms with Gasteiger partial charge in [-0.25, -0.2) is 15.0 Å². The lowest BCUT2D eigenvalue weighted by Crippen LogP contribution is -2.41. The molecule has 11 heteroatoms. The number of hydrogen-bond acceptors (Lipinski definition) is 9. The molecule has 0 saturated heterocycles. The van der Waals surface area contributed by atoms with E-state index in [0.717, 1.165) is 0 Å². The number of carbonyl (C=O) groups is 1. The molecule has 0 fully saturated rings. The van der Waals surface area contributed by atoms with Crippen LogP contribution in [0.2, 0.25) is 0 Å². The fourth-order valence-corrected chi connectivity index (χ4v) is 3.73. The Bertz CT molecular complexity index is 1270. The lowest BCUT2D eigenvalue weighted by Gasteiger charge is -2.26. The van der Waals surface area contributed by atoms with Crippen LogP contribution in [0.5, 0.6) is 11.5 Å². The normalized spacial score (nSPS) is 15.8. The van der Waals surface area contributed by atoms with Crippen molar-refractivity contribution >= 4 is 28.2 Å². The first-order valence-electron chi connectivity index (χ1n) is 11.3. The molecule has 1 amide bonds. The predicted molar refractivity (Wildman–Crippen MR) is 132 cm³/mol. The number of amides is 1. The van der Waals surface area contributed by atoms with E-state index in [0.29, 0.717) is 58.8 Å². The highest BCUT2D eigenvalue weighted by molar-refractivity contribution is 6.33. The highest BCUT2D eigenvalue weighted by Crippen LogP contribution is 2.33. The number of benzene rings is 1. The zero-order valence-corrected chi connectivity index (χ0v) is 20.0. The summed E-state index contributed by atoms with van der Waals surface area (Å²) in [4.78, 5) is 29.7. The van der Waals surface area contributed by atoms with Crippen molar-refractivity contribution in [3.63, 3.8) is 0 Å². The number of hydrogen-bond donors (Lipinski definition) is 5. The van der Waals surface area contributed by atoms with Crippen LogP contribution in [-0.4, -0.2) is 51.8 Å². The average molecular weight is 477 g/mol. The number of nitrogens with zero attached hydrogens (tertiary/aromatic N) is 3. The molecule has 11 nitrogen and oxygen atoms in total. The minimum absolute atomic E-state index is 0.0993. The van der Waals surface area contributed by atoms with Crippen molar-refractivity contribution in [2.24, 2.45) is 0 Å². The number of imidazole rings is 1. The van der Waals surface area contributed by atoms with Crippen LogP contribution in [0.25, 0.3) is 16.6 Å². The second kappa shape index (κ2) is 10.2. The van der Waals surface area contributed by atoms with Crippen molar-refractivity contribution in [3.8, 4) is 11.5 Å². The maximum absolute atomic E-state index is 13.3. The molecular formula is C24H28N8O3. The SMILES string of the molecule is CCOc1cc2nc(C3=C(N[C@@H](C)c4ncccn4)C(=N)/C(=C\NC)NC3=O)[nH]c2cc1OCC. The minimum Gasteiger partial charge on any atom is -0.490 e. The van der Waals surface area contributed by atoms with Gasteiger partial charge in [0.1, 0.15) is 22.9 Å². The van der Waals surface area contributed by atoms with Gasteiger partial charge < -0.3 is 30.4 Å². The number of H-pyrrole nitrogens is 1. The van der Waals surface area contributed by atoms with Crippen LogP contribution in [0.3, 0.4) is 0 Å². The zero-order valence-electron chi connectivity index (χ0n) is 20.0. The number of carbonyl (C=O) groups excluding carboxylic acids is 1. The molecule has 5 N–H and O–H groups in total. The standard InChI is InChI=1S/C24H28N8O3/c1-5-34-17-10-14-15(11-18(17)35-6-2)31-23(30-14)19-21(20(25)16(12-26-4)32-24(19)33)29-13(3)22-27-8-7-9-28-22/h7-13,25-26,29H,5-6H2,1-4H3,(H,30,31)(H,32,33)/b16-12+,25-20?/t13-/m0/s1. The Labute approximate surface area is 202 Å². The van der Waals surface area contributed by atoms with Crippen LogP contribution in [0.15, 0.2) is 48.2 Å². The first kappa shape index (κ1) is 23.7. The summed E-state index contributed by atoms with van der Waals surface area (Å²) < 4.78 is 11.4. The molecule has 3 aromatic rings. The van der Waals surface area contributed by atoms with E-state index in [4.69, 9.17) is 14.9 Å². The molecule has 1 aliphatic heterocycles. The van der Waals surface area contributed by atoms with Gasteiger partial charge >= 0.3 is 0 Å². The summed E-state index contributed by atoms with van der Waals surface area (Å²) in [5.74, 6) is 1.59. The summed E-state index contributed by atoms with van der Waals surface area (Å²) in [6.07, 6.45) is 4.85. The van der Waals surface area contributed by atoms with E-state index >= 15 is 0 Å². The van der Waals surface area contributed by atoms with Gasteiger partial charge in [-0.2, -0.15) is 0 Å². The third-order valence-electron chi connectivity index (χ3n) is 5.25. The Morgan fingerprint density at radius 3 is 2.49 bits per heavy atom. The Hall–Kier alpha value is -4.41. The minimum atomic E-state index is -0.403. The van der Waals surface area contributed by atoms with Crippen molar-refractivity contribution in [1.29, 1.82) is 5.41 Å². The van der Waals surface area contributed by atoms with Gasteiger partial charge in [-0.05, 0) is 26.8 Å². The molecule has 1 aromatic carbocycles. The number of ether oxygens (including phenoxy) is 2. The summed E-state index contributed by atoms with van der Waals surface area (Å²) >= 11 is 0. The van der Waals surface area contributed by atoms with Crippen molar-refractivity contribution < 1.29 is 14.3 Å². The van der Waals surface area contributed by atoms with Crippen LogP contribution in [-0.2, 0) is 4.79 Å². The molecule has 0 aliphatic carbocycles. The smallest absolute Gasteiger partial charge is 0.261 e. The van der Waals surface area contributed by atoms with Gasteiger partial charge in [0.15, 0.2) is 11.5 Å². The predicted octanol–water partition coefficient (Wildman–Crippen LogP) is 2.42. The molecule has 3 heterocycles. The Kier molecular flexibility index (Phi) is 6.95. The van der Waals surface area contributed by atoms with Gasteiger partial charge in [0, 0.05) is 37.8 Å². The summed E-state index contributed by atoms with van der Waals surface area (Å²) in [7, 11) is 1.70. The number of fused-ring (bicyclic) bond motifs is 1. The number of rotatable bonds is 9. The maximum Gasteiger partial charge on any atom is 0.261 e. The fourth-order valence-electron chi connectivity index (χ4n) is 3.73. The molecule has 0 unspecified atom stereocenters. The highest BCUT2D eigenvalue weighted by Gasteiger charge is 2.32. The molecule has 0 bridgehead atoms. The molecule has 2 aromatic heterocycles. The van der Waals surface area contributed by atoms with E-state index < -0.39 is 5.91 Å². The van der Waals surface area contributed by atoms with E-state index in [1.807, 2.05) is 20.8 Å². The molecule has 4 rings (SSSR count). The summed E-state index contributed by atoms with van der Waals surface area (Å²) in [5, 5.41) is 17.7. The Balaban J connectivity index is 1.84. The summed E-state index contributed by atoms with van der Waals surface area (Å²) in [6, 6.07) is 4.93. The van der Waals surface area contributed by atoms with E-state index in [1.165, 1.54) is 0 Å². The number of aromatic nitrogens is 4. The lowest BCUT2D eigenvalue weighted by atomic mass is 10.0. The second-order valence-corrected chi connectivity index (χ2v) is 7.67. The van der Waals surface area contributed by atoms with Crippen LogP contribution >= 0.6 is 0 Å². The molecule has 0 saturated carbocycles. The Morgan fingerprint density at radius 2 is 1.83 bits per heavy atom. The monoisotopic (exact) mass is 476 g/mol. The molecule has 1 atom stereocenters. The van der Waals surface area contributed by atoms with E-state index in [2.05, 4.69) is 35.9 Å². The van der Waals surface area contributed by atoms with Gasteiger partial charge in [0.2, 0.25) is 0 Å². The first-order valence-corrected chi connectivity index (χ1v) is 11.3. The summed E-state index contributed by atoms with van der Waals surface area (Å²) in [6.45, 7) is 6.60. The van der Waals surface area contributed by atoms with E-state index in [-0.39, 0.29) is 17.3 Å². The Morgan fingerprint density at radius 1 is 1.14 bits per heavy atom. The van der Waals surface area contributed by atoms with Gasteiger partial charge in [0.25, 0.3) is 5.91 Å². The first-order chi connectivity index (χ1) is 17.0. The van der Waals surface area contributed by atoms with Crippen molar-refractivity contribution in [2.75, 3.05) is 20.3 Å².